The molecular formula is C49H69F3N8O9. The maximum absolute atomic E-state index is 15.0. The Morgan fingerprint density at radius 1 is 0.971 bits per heavy atom. The maximum Gasteiger partial charge on any atom is 0.408 e. The number of alkyl halides is 3. The minimum absolute atomic E-state index is 0.00780. The van der Waals surface area contributed by atoms with Crippen LogP contribution in [0.3, 0.4) is 0 Å². The van der Waals surface area contributed by atoms with Crippen molar-refractivity contribution >= 4 is 46.2 Å². The lowest BCUT2D eigenvalue weighted by Gasteiger charge is -2.38. The van der Waals surface area contributed by atoms with Gasteiger partial charge in [0.2, 0.25) is 0 Å². The van der Waals surface area contributed by atoms with E-state index in [9.17, 15) is 37.5 Å². The summed E-state index contributed by atoms with van der Waals surface area (Å²) in [6, 6.07) is 5.82. The number of nitrogens with one attached hydrogen (secondary N) is 2. The monoisotopic (exact) mass is 971 g/mol. The standard InChI is InChI=1S/C49H69F3N8O9/c1-30(66-8)42-37(23-34(26-53-42)57-18-16-56(17-19-57)32-11-12-32)43-38(25-48(6,7)29-68-31(2)61)36-22-33(13-14-41(36)59(43)28-49(50,51)52)58-20-21-67-35(27-58)24-40(54-46(65)69-47(3,4)5)44(62)60-15-9-10-39(55-60)45(63)64/h13-14,22-23,26,30,32,35,39-40,55H,9-12,15-21,24-25,27-29H2,1-8H3,(H,54,65)(H,63,64)/t30?,35-,39-,40?/m0/s1. The van der Waals surface area contributed by atoms with Crippen molar-refractivity contribution in [2.75, 3.05) is 75.9 Å². The third-order valence-electron chi connectivity index (χ3n) is 13.2. The number of carboxylic acid groups (broad SMARTS) is 1. The molecule has 2 unspecified atom stereocenters. The molecule has 17 nitrogen and oxygen atoms in total. The first-order valence-corrected chi connectivity index (χ1v) is 24.0. The van der Waals surface area contributed by atoms with Gasteiger partial charge in [0.15, 0.2) is 0 Å². The minimum atomic E-state index is -4.61. The number of hydrazine groups is 1. The van der Waals surface area contributed by atoms with Crippen molar-refractivity contribution in [3.05, 3.63) is 41.7 Å². The van der Waals surface area contributed by atoms with Gasteiger partial charge in [-0.25, -0.2) is 10.2 Å². The number of piperazine rings is 1. The number of carbonyl (C=O) groups is 4. The first-order chi connectivity index (χ1) is 32.5. The number of esters is 1. The molecule has 20 heteroatoms. The Bertz CT molecular complexity index is 2340. The summed E-state index contributed by atoms with van der Waals surface area (Å²) < 4.78 is 69.4. The van der Waals surface area contributed by atoms with Gasteiger partial charge in [0.25, 0.3) is 5.91 Å². The van der Waals surface area contributed by atoms with E-state index >= 15 is 0 Å². The number of alkyl carbamates (subject to hydrolysis) is 1. The fraction of sp³-hybridized carbons (Fsp3) is 0.653. The highest BCUT2D eigenvalue weighted by Gasteiger charge is 2.39. The number of carbonyl (C=O) groups excluding carboxylic acids is 3. The number of rotatable bonds is 16. The van der Waals surface area contributed by atoms with Crippen LogP contribution in [0.25, 0.3) is 22.2 Å². The van der Waals surface area contributed by atoms with Crippen molar-refractivity contribution in [3.8, 4) is 11.3 Å². The van der Waals surface area contributed by atoms with Gasteiger partial charge in [-0.15, -0.1) is 0 Å². The summed E-state index contributed by atoms with van der Waals surface area (Å²) in [5.74, 6) is -2.12. The molecule has 3 saturated heterocycles. The third kappa shape index (κ3) is 13.2. The van der Waals surface area contributed by atoms with E-state index in [0.29, 0.717) is 64.5 Å². The van der Waals surface area contributed by atoms with Crippen LogP contribution < -0.4 is 20.5 Å². The lowest BCUT2D eigenvalue weighted by atomic mass is 9.84. The second kappa shape index (κ2) is 21.0. The smallest absolute Gasteiger partial charge is 0.408 e. The van der Waals surface area contributed by atoms with Gasteiger partial charge in [-0.3, -0.25) is 29.3 Å². The lowest BCUT2D eigenvalue weighted by Crippen LogP contribution is -2.61. The second-order valence-electron chi connectivity index (χ2n) is 20.6. The molecule has 4 atom stereocenters. The van der Waals surface area contributed by atoms with Crippen LogP contribution in [0.1, 0.15) is 97.9 Å². The summed E-state index contributed by atoms with van der Waals surface area (Å²) in [4.78, 5) is 62.9. The van der Waals surface area contributed by atoms with E-state index in [2.05, 4.69) is 20.5 Å². The minimum Gasteiger partial charge on any atom is -0.480 e. The number of carboxylic acids is 1. The van der Waals surface area contributed by atoms with Gasteiger partial charge in [0.05, 0.1) is 48.7 Å². The van der Waals surface area contributed by atoms with Gasteiger partial charge in [0, 0.05) is 99.9 Å². The number of methoxy groups -OCH3 is 1. The van der Waals surface area contributed by atoms with Crippen LogP contribution in [0.5, 0.6) is 0 Å². The first-order valence-electron chi connectivity index (χ1n) is 24.0. The van der Waals surface area contributed by atoms with Crippen molar-refractivity contribution in [1.82, 2.24) is 30.2 Å². The SMILES string of the molecule is COC(C)c1ncc(N2CCN(C3CC3)CC2)cc1-c1c(CC(C)(C)COC(C)=O)c2cc(N3CCO[C@@H](CC(NC(=O)OC(C)(C)C)C(=O)N4CCC[C@@H](C(=O)O)N4)C3)ccc2n1CC(F)(F)F. The molecule has 0 bridgehead atoms. The number of pyridine rings is 1. The van der Waals surface area contributed by atoms with Crippen LogP contribution in [0.4, 0.5) is 29.3 Å². The van der Waals surface area contributed by atoms with E-state index in [1.807, 2.05) is 37.8 Å². The lowest BCUT2D eigenvalue weighted by molar-refractivity contribution is -0.148. The number of amides is 2. The summed E-state index contributed by atoms with van der Waals surface area (Å²) in [5.41, 5.74) is 5.02. The van der Waals surface area contributed by atoms with Crippen molar-refractivity contribution < 1.29 is 56.4 Å². The summed E-state index contributed by atoms with van der Waals surface area (Å²) in [7, 11) is 1.54. The molecule has 2 amide bonds. The zero-order valence-electron chi connectivity index (χ0n) is 41.1. The number of ether oxygens (including phenoxy) is 4. The Morgan fingerprint density at radius 2 is 1.70 bits per heavy atom. The summed E-state index contributed by atoms with van der Waals surface area (Å²) >= 11 is 0. The number of hydrogen-bond acceptors (Lipinski definition) is 13. The Hall–Kier alpha value is -5.18. The average Bonchev–Trinajstić information content (AvgIpc) is 4.11. The number of aliphatic carboxylic acids is 1. The Kier molecular flexibility index (Phi) is 15.8. The molecule has 3 N–H and O–H groups in total. The Labute approximate surface area is 401 Å². The average molecular weight is 971 g/mol. The van der Waals surface area contributed by atoms with E-state index in [4.69, 9.17) is 23.9 Å². The predicted molar refractivity (Wildman–Crippen MR) is 253 cm³/mol. The molecule has 4 aliphatic rings. The number of anilines is 2. The normalized spacial score (nSPS) is 20.7. The quantitative estimate of drug-likeness (QED) is 0.133. The van der Waals surface area contributed by atoms with Gasteiger partial charge in [-0.1, -0.05) is 13.8 Å². The largest absolute Gasteiger partial charge is 0.480 e. The highest BCUT2D eigenvalue weighted by molar-refractivity contribution is 5.95. The number of nitrogens with zero attached hydrogens (tertiary/aromatic N) is 6. The first kappa shape index (κ1) is 51.7. The zero-order valence-corrected chi connectivity index (χ0v) is 41.1. The topological polar surface area (TPSA) is 180 Å². The van der Waals surface area contributed by atoms with E-state index in [1.54, 1.807) is 46.2 Å². The molecule has 4 fully saturated rings. The second-order valence-corrected chi connectivity index (χ2v) is 20.6. The van der Waals surface area contributed by atoms with E-state index in [0.717, 1.165) is 31.9 Å². The molecule has 69 heavy (non-hydrogen) atoms. The maximum atomic E-state index is 15.0. The van der Waals surface area contributed by atoms with Crippen molar-refractivity contribution in [2.24, 2.45) is 5.41 Å². The zero-order chi connectivity index (χ0) is 50.0. The van der Waals surface area contributed by atoms with Gasteiger partial charge in [-0.05, 0) is 89.6 Å². The van der Waals surface area contributed by atoms with Crippen LogP contribution in [-0.4, -0.2) is 151 Å². The molecule has 2 aromatic heterocycles. The molecule has 3 aromatic rings. The molecule has 0 spiro atoms. The van der Waals surface area contributed by atoms with Crippen LogP contribution >= 0.6 is 0 Å². The number of hydrogen-bond donors (Lipinski definition) is 3. The molecular weight excluding hydrogens is 902 g/mol. The summed E-state index contributed by atoms with van der Waals surface area (Å²) in [5, 5.41) is 14.2. The Balaban J connectivity index is 1.29. The van der Waals surface area contributed by atoms with Crippen LogP contribution in [0, 0.1) is 5.41 Å². The van der Waals surface area contributed by atoms with Crippen molar-refractivity contribution in [3.63, 3.8) is 0 Å². The number of aromatic nitrogens is 2. The number of morpholine rings is 1. The van der Waals surface area contributed by atoms with Gasteiger partial charge in [-0.2, -0.15) is 13.2 Å². The molecule has 7 rings (SSSR count). The molecule has 1 saturated carbocycles. The molecule has 3 aliphatic heterocycles. The number of halogens is 3. The molecule has 5 heterocycles. The number of benzene rings is 1. The molecule has 380 valence electrons. The Morgan fingerprint density at radius 3 is 2.33 bits per heavy atom. The van der Waals surface area contributed by atoms with Crippen LogP contribution in [0.15, 0.2) is 30.5 Å². The van der Waals surface area contributed by atoms with Gasteiger partial charge in [0.1, 0.15) is 24.2 Å². The van der Waals surface area contributed by atoms with Crippen molar-refractivity contribution in [1.29, 1.82) is 0 Å². The van der Waals surface area contributed by atoms with Gasteiger partial charge < -0.3 is 43.7 Å². The van der Waals surface area contributed by atoms with Crippen LogP contribution in [-0.2, 0) is 46.3 Å². The summed E-state index contributed by atoms with van der Waals surface area (Å²) in [6.45, 7) is 15.2. The molecule has 1 aliphatic carbocycles. The highest BCUT2D eigenvalue weighted by Crippen LogP contribution is 2.44. The summed E-state index contributed by atoms with van der Waals surface area (Å²) in [6.07, 6.45) is -1.45. The fourth-order valence-corrected chi connectivity index (χ4v) is 9.66. The molecule has 1 aromatic carbocycles. The number of fused-ring (bicyclic) bond motifs is 1. The van der Waals surface area contributed by atoms with Crippen molar-refractivity contribution in [2.45, 2.75) is 136 Å². The fourth-order valence-electron chi connectivity index (χ4n) is 9.66. The molecule has 0 radical (unpaired) electrons. The van der Waals surface area contributed by atoms with E-state index in [1.165, 1.54) is 29.3 Å². The van der Waals surface area contributed by atoms with Gasteiger partial charge >= 0.3 is 24.2 Å². The van der Waals surface area contributed by atoms with Crippen LogP contribution in [0.2, 0.25) is 0 Å². The van der Waals surface area contributed by atoms with E-state index < -0.39 is 72.0 Å². The van der Waals surface area contributed by atoms with E-state index in [-0.39, 0.29) is 39.1 Å². The highest BCUT2D eigenvalue weighted by atomic mass is 19.4. The third-order valence-corrected chi connectivity index (χ3v) is 13.2. The predicted octanol–water partition coefficient (Wildman–Crippen LogP) is 6.46.